The predicted octanol–water partition coefficient (Wildman–Crippen LogP) is 4.44. The Morgan fingerprint density at radius 1 is 1.09 bits per heavy atom. The fraction of sp³-hybridized carbons (Fsp3) is 0.385. The third-order valence-electron chi connectivity index (χ3n) is 5.60. The zero-order valence-corrected chi connectivity index (χ0v) is 20.2. The van der Waals surface area contributed by atoms with Gasteiger partial charge in [0.2, 0.25) is 5.91 Å². The van der Waals surface area contributed by atoms with Gasteiger partial charge in [0.15, 0.2) is 17.3 Å². The van der Waals surface area contributed by atoms with Crippen molar-refractivity contribution in [3.8, 4) is 28.5 Å². The van der Waals surface area contributed by atoms with Crippen molar-refractivity contribution in [3.05, 3.63) is 47.5 Å². The highest BCUT2D eigenvalue weighted by atomic mass is 16.5. The molecule has 0 aliphatic heterocycles. The number of benzene rings is 2. The molecule has 1 amide bonds. The summed E-state index contributed by atoms with van der Waals surface area (Å²) in [7, 11) is 1.96. The van der Waals surface area contributed by atoms with E-state index in [4.69, 9.17) is 19.3 Å². The number of aromatic nitrogens is 2. The largest absolute Gasteiger partial charge is 0.494 e. The van der Waals surface area contributed by atoms with Crippen LogP contribution in [0.5, 0.6) is 17.2 Å². The highest BCUT2D eigenvalue weighted by Gasteiger charge is 2.29. The van der Waals surface area contributed by atoms with E-state index >= 15 is 0 Å². The van der Waals surface area contributed by atoms with Gasteiger partial charge in [0.25, 0.3) is 0 Å². The van der Waals surface area contributed by atoms with Crippen molar-refractivity contribution in [1.82, 2.24) is 15.1 Å². The summed E-state index contributed by atoms with van der Waals surface area (Å²) in [6.45, 7) is 7.69. The van der Waals surface area contributed by atoms with Crippen molar-refractivity contribution in [2.75, 3.05) is 31.7 Å². The Balaban J connectivity index is 1.57. The number of carbonyl (C=O) groups is 1. The number of hydrogen-bond acceptors (Lipinski definition) is 6. The summed E-state index contributed by atoms with van der Waals surface area (Å²) in [5.74, 6) is 3.06. The minimum absolute atomic E-state index is 0.0368. The highest BCUT2D eigenvalue weighted by molar-refractivity contribution is 5.82. The maximum Gasteiger partial charge on any atom is 0.216 e. The summed E-state index contributed by atoms with van der Waals surface area (Å²) in [5, 5.41) is 11.0. The zero-order chi connectivity index (χ0) is 24.1. The molecular weight excluding hydrogens is 432 g/mol. The zero-order valence-electron chi connectivity index (χ0n) is 20.2. The Bertz CT molecular complexity index is 1170. The molecule has 180 valence electrons. The van der Waals surface area contributed by atoms with Crippen LogP contribution in [0.4, 0.5) is 11.5 Å². The summed E-state index contributed by atoms with van der Waals surface area (Å²) in [5.41, 5.74) is 5.43. The van der Waals surface area contributed by atoms with E-state index in [1.54, 1.807) is 0 Å². The molecule has 0 bridgehead atoms. The van der Waals surface area contributed by atoms with Gasteiger partial charge in [0.1, 0.15) is 5.75 Å². The quantitative estimate of drug-likeness (QED) is 0.319. The summed E-state index contributed by atoms with van der Waals surface area (Å²) < 4.78 is 19.5. The fourth-order valence-corrected chi connectivity index (χ4v) is 4.20. The minimum Gasteiger partial charge on any atom is -0.494 e. The van der Waals surface area contributed by atoms with Gasteiger partial charge in [-0.1, -0.05) is 6.07 Å². The molecule has 2 aromatic carbocycles. The molecule has 1 aliphatic rings. The van der Waals surface area contributed by atoms with Gasteiger partial charge in [0, 0.05) is 49.8 Å². The Labute approximate surface area is 200 Å². The van der Waals surface area contributed by atoms with Crippen molar-refractivity contribution in [3.63, 3.8) is 0 Å². The van der Waals surface area contributed by atoms with Crippen LogP contribution < -0.4 is 24.8 Å². The normalized spacial score (nSPS) is 11.5. The van der Waals surface area contributed by atoms with Crippen molar-refractivity contribution < 1.29 is 19.0 Å². The molecule has 8 nitrogen and oxygen atoms in total. The Morgan fingerprint density at radius 3 is 2.65 bits per heavy atom. The van der Waals surface area contributed by atoms with Crippen molar-refractivity contribution >= 4 is 17.4 Å². The number of nitrogens with zero attached hydrogens (tertiary/aromatic N) is 2. The highest BCUT2D eigenvalue weighted by Crippen LogP contribution is 2.45. The van der Waals surface area contributed by atoms with Crippen LogP contribution in [-0.4, -0.2) is 42.1 Å². The maximum absolute atomic E-state index is 11.1. The Hall–Kier alpha value is -3.68. The molecule has 0 unspecified atom stereocenters. The molecule has 34 heavy (non-hydrogen) atoms. The number of carbonyl (C=O) groups excluding carboxylic acids is 1. The molecule has 1 aromatic heterocycles. The number of rotatable bonds is 11. The monoisotopic (exact) mass is 464 g/mol. The average molecular weight is 465 g/mol. The molecule has 8 heteroatoms. The van der Waals surface area contributed by atoms with E-state index in [9.17, 15) is 4.79 Å². The Kier molecular flexibility index (Phi) is 7.25. The van der Waals surface area contributed by atoms with Gasteiger partial charge in [0.05, 0.1) is 25.5 Å². The number of fused-ring (bicyclic) bond motifs is 3. The van der Waals surface area contributed by atoms with E-state index in [1.807, 2.05) is 55.9 Å². The van der Waals surface area contributed by atoms with Gasteiger partial charge < -0.3 is 24.8 Å². The van der Waals surface area contributed by atoms with Gasteiger partial charge >= 0.3 is 0 Å². The van der Waals surface area contributed by atoms with E-state index < -0.39 is 0 Å². The molecule has 1 aliphatic carbocycles. The van der Waals surface area contributed by atoms with Crippen LogP contribution in [0.1, 0.15) is 38.3 Å². The Morgan fingerprint density at radius 2 is 1.88 bits per heavy atom. The van der Waals surface area contributed by atoms with Crippen LogP contribution >= 0.6 is 0 Å². The first kappa shape index (κ1) is 23.5. The number of hydrogen-bond donors (Lipinski definition) is 2. The van der Waals surface area contributed by atoms with Crippen molar-refractivity contribution in [2.45, 2.75) is 33.6 Å². The summed E-state index contributed by atoms with van der Waals surface area (Å²) in [6.07, 6.45) is 1.48. The molecule has 0 radical (unpaired) electrons. The molecular formula is C26H32N4O4. The van der Waals surface area contributed by atoms with Gasteiger partial charge in [-0.15, -0.1) is 0 Å². The second kappa shape index (κ2) is 10.5. The van der Waals surface area contributed by atoms with E-state index in [1.165, 1.54) is 12.5 Å². The molecule has 2 N–H and O–H groups in total. The van der Waals surface area contributed by atoms with Gasteiger partial charge in [-0.25, -0.2) is 0 Å². The first-order chi connectivity index (χ1) is 16.5. The molecule has 0 fully saturated rings. The second-order valence-corrected chi connectivity index (χ2v) is 8.14. The maximum atomic E-state index is 11.1. The lowest BCUT2D eigenvalue weighted by Gasteiger charge is -2.15. The van der Waals surface area contributed by atoms with Crippen LogP contribution in [0.15, 0.2) is 36.4 Å². The van der Waals surface area contributed by atoms with E-state index in [0.717, 1.165) is 46.2 Å². The standard InChI is InChI=1S/C26H32N4O4/c1-5-32-20-10-7-9-19(15-20)28-26-22-13-18-14-23(33-6-2)24(34-12-8-11-27-17(3)31)16-21(18)25(22)30(4)29-26/h7,9-10,14-16H,5-6,8,11-13H2,1-4H3,(H,27,31)(H,28,29). The SMILES string of the molecule is CCOc1cccc(Nc2nn(C)c3c2Cc2cc(OCC)c(OCCCNC(C)=O)cc2-3)c1. The molecule has 0 atom stereocenters. The van der Waals surface area contributed by atoms with Crippen LogP contribution in [0.25, 0.3) is 11.3 Å². The molecule has 4 rings (SSSR count). The number of nitrogens with one attached hydrogen (secondary N) is 2. The molecule has 0 saturated heterocycles. The van der Waals surface area contributed by atoms with E-state index in [-0.39, 0.29) is 5.91 Å². The van der Waals surface area contributed by atoms with Crippen LogP contribution in [0.3, 0.4) is 0 Å². The molecule has 3 aromatic rings. The average Bonchev–Trinajstić information content (AvgIpc) is 3.31. The number of anilines is 2. The third-order valence-corrected chi connectivity index (χ3v) is 5.60. The number of ether oxygens (including phenoxy) is 3. The van der Waals surface area contributed by atoms with E-state index in [2.05, 4.69) is 16.7 Å². The third kappa shape index (κ3) is 5.11. The lowest BCUT2D eigenvalue weighted by atomic mass is 10.1. The minimum atomic E-state index is -0.0368. The summed E-state index contributed by atoms with van der Waals surface area (Å²) in [4.78, 5) is 11.1. The van der Waals surface area contributed by atoms with Gasteiger partial charge in [-0.05, 0) is 50.1 Å². The van der Waals surface area contributed by atoms with Crippen molar-refractivity contribution in [2.24, 2.45) is 7.05 Å². The summed E-state index contributed by atoms with van der Waals surface area (Å²) >= 11 is 0. The smallest absolute Gasteiger partial charge is 0.216 e. The molecule has 1 heterocycles. The first-order valence-electron chi connectivity index (χ1n) is 11.7. The topological polar surface area (TPSA) is 86.6 Å². The molecule has 0 spiro atoms. The number of amides is 1. The van der Waals surface area contributed by atoms with Crippen LogP contribution in [0.2, 0.25) is 0 Å². The number of aryl methyl sites for hydroxylation is 1. The van der Waals surface area contributed by atoms with Crippen LogP contribution in [-0.2, 0) is 18.3 Å². The second-order valence-electron chi connectivity index (χ2n) is 8.14. The lowest BCUT2D eigenvalue weighted by molar-refractivity contribution is -0.118. The van der Waals surface area contributed by atoms with Crippen LogP contribution in [0, 0.1) is 0 Å². The van der Waals surface area contributed by atoms with Crippen molar-refractivity contribution in [1.29, 1.82) is 0 Å². The predicted molar refractivity (Wildman–Crippen MR) is 132 cm³/mol. The van der Waals surface area contributed by atoms with Gasteiger partial charge in [-0.2, -0.15) is 5.10 Å². The molecule has 0 saturated carbocycles. The first-order valence-corrected chi connectivity index (χ1v) is 11.7. The van der Waals surface area contributed by atoms with E-state index in [0.29, 0.717) is 38.5 Å². The lowest BCUT2D eigenvalue weighted by Crippen LogP contribution is -2.22. The fourth-order valence-electron chi connectivity index (χ4n) is 4.20. The van der Waals surface area contributed by atoms with Gasteiger partial charge in [-0.3, -0.25) is 9.48 Å². The summed E-state index contributed by atoms with van der Waals surface area (Å²) in [6, 6.07) is 12.0.